The van der Waals surface area contributed by atoms with Crippen molar-refractivity contribution in [3.8, 4) is 0 Å². The van der Waals surface area contributed by atoms with Gasteiger partial charge in [0, 0.05) is 25.6 Å². The summed E-state index contributed by atoms with van der Waals surface area (Å²) in [4.78, 5) is 24.3. The molecule has 0 fully saturated rings. The van der Waals surface area contributed by atoms with Crippen molar-refractivity contribution in [3.05, 3.63) is 60.6 Å². The van der Waals surface area contributed by atoms with Crippen LogP contribution in [-0.2, 0) is 16.0 Å². The van der Waals surface area contributed by atoms with Crippen molar-refractivity contribution in [1.29, 1.82) is 0 Å². The number of nitrogens with one attached hydrogen (secondary N) is 1. The maximum atomic E-state index is 12.5. The Bertz CT molecular complexity index is 1040. The minimum absolute atomic E-state index is 0.171. The van der Waals surface area contributed by atoms with E-state index in [1.165, 1.54) is 5.01 Å². The summed E-state index contributed by atoms with van der Waals surface area (Å²) < 4.78 is 1.87. The molecule has 1 aliphatic rings. The van der Waals surface area contributed by atoms with E-state index in [2.05, 4.69) is 20.6 Å². The first-order valence-electron chi connectivity index (χ1n) is 8.91. The molecule has 1 atom stereocenters. The van der Waals surface area contributed by atoms with Crippen LogP contribution < -0.4 is 16.1 Å². The van der Waals surface area contributed by atoms with Gasteiger partial charge in [-0.3, -0.25) is 19.0 Å². The number of anilines is 1. The average molecular weight is 377 g/mol. The molecule has 1 unspecified atom stereocenters. The van der Waals surface area contributed by atoms with Crippen LogP contribution in [-0.4, -0.2) is 44.7 Å². The summed E-state index contributed by atoms with van der Waals surface area (Å²) in [6, 6.07) is 14.1. The van der Waals surface area contributed by atoms with Crippen LogP contribution in [0, 0.1) is 0 Å². The number of rotatable bonds is 6. The minimum Gasteiger partial charge on any atom is -0.368 e. The average Bonchev–Trinajstić information content (AvgIpc) is 3.34. The Morgan fingerprint density at radius 3 is 2.68 bits per heavy atom. The Labute approximate surface area is 160 Å². The molecular weight excluding hydrogens is 358 g/mol. The number of hydrazone groups is 1. The van der Waals surface area contributed by atoms with Crippen LogP contribution in [0.5, 0.6) is 0 Å². The molecular formula is C19H19N7O2. The number of nitrogens with zero attached hydrogens (tertiary/aromatic N) is 5. The van der Waals surface area contributed by atoms with Crippen LogP contribution in [0.15, 0.2) is 59.8 Å². The zero-order valence-electron chi connectivity index (χ0n) is 15.0. The quantitative estimate of drug-likeness (QED) is 0.649. The lowest BCUT2D eigenvalue weighted by molar-refractivity contribution is -0.119. The summed E-state index contributed by atoms with van der Waals surface area (Å²) in [6.45, 7) is 0.375. The number of carbonyl (C=O) groups is 2. The second kappa shape index (κ2) is 7.47. The van der Waals surface area contributed by atoms with Gasteiger partial charge in [0.25, 0.3) is 5.91 Å². The SMILES string of the molecule is NC(=O)C1CC(C(=O)NCCc2nnc3ccccn23)=NN1c1ccccc1. The summed E-state index contributed by atoms with van der Waals surface area (Å²) in [6.07, 6.45) is 2.57. The number of carbonyl (C=O) groups excluding carboxylic acids is 2. The molecule has 0 saturated carbocycles. The highest BCUT2D eigenvalue weighted by molar-refractivity contribution is 6.40. The van der Waals surface area contributed by atoms with Crippen LogP contribution >= 0.6 is 0 Å². The number of hydrogen-bond acceptors (Lipinski definition) is 6. The monoisotopic (exact) mass is 377 g/mol. The van der Waals surface area contributed by atoms with Gasteiger partial charge < -0.3 is 11.1 Å². The first kappa shape index (κ1) is 17.7. The number of fused-ring (bicyclic) bond motifs is 1. The molecule has 2 aromatic heterocycles. The number of benzene rings is 1. The highest BCUT2D eigenvalue weighted by Gasteiger charge is 2.34. The molecule has 2 amide bonds. The number of aromatic nitrogens is 3. The summed E-state index contributed by atoms with van der Waals surface area (Å²) in [5, 5.41) is 16.9. The fourth-order valence-corrected chi connectivity index (χ4v) is 3.14. The molecule has 0 radical (unpaired) electrons. The molecule has 3 N–H and O–H groups in total. The largest absolute Gasteiger partial charge is 0.368 e. The fourth-order valence-electron chi connectivity index (χ4n) is 3.14. The Morgan fingerprint density at radius 2 is 1.89 bits per heavy atom. The number of pyridine rings is 1. The lowest BCUT2D eigenvalue weighted by Gasteiger charge is -2.20. The molecule has 142 valence electrons. The predicted molar refractivity (Wildman–Crippen MR) is 104 cm³/mol. The van der Waals surface area contributed by atoms with Gasteiger partial charge in [-0.25, -0.2) is 0 Å². The molecule has 0 aliphatic carbocycles. The van der Waals surface area contributed by atoms with E-state index in [0.717, 1.165) is 11.5 Å². The maximum Gasteiger partial charge on any atom is 0.267 e. The van der Waals surface area contributed by atoms with Crippen LogP contribution in [0.3, 0.4) is 0 Å². The van der Waals surface area contributed by atoms with E-state index in [1.807, 2.05) is 59.1 Å². The van der Waals surface area contributed by atoms with Gasteiger partial charge in [-0.1, -0.05) is 24.3 Å². The number of hydrogen-bond donors (Lipinski definition) is 2. The Kier molecular flexibility index (Phi) is 4.71. The van der Waals surface area contributed by atoms with Crippen molar-refractivity contribution in [2.45, 2.75) is 18.9 Å². The molecule has 1 aromatic carbocycles. The first-order chi connectivity index (χ1) is 13.6. The van der Waals surface area contributed by atoms with Crippen LogP contribution in [0.25, 0.3) is 5.65 Å². The molecule has 9 heteroatoms. The molecule has 0 spiro atoms. The summed E-state index contributed by atoms with van der Waals surface area (Å²) in [7, 11) is 0. The van der Waals surface area contributed by atoms with Gasteiger partial charge in [0.2, 0.25) is 5.91 Å². The number of amides is 2. The zero-order chi connectivity index (χ0) is 19.5. The first-order valence-corrected chi connectivity index (χ1v) is 8.91. The smallest absolute Gasteiger partial charge is 0.267 e. The minimum atomic E-state index is -0.677. The molecule has 28 heavy (non-hydrogen) atoms. The van der Waals surface area contributed by atoms with Crippen molar-refractivity contribution < 1.29 is 9.59 Å². The van der Waals surface area contributed by atoms with Crippen molar-refractivity contribution in [1.82, 2.24) is 19.9 Å². The molecule has 9 nitrogen and oxygen atoms in total. The maximum absolute atomic E-state index is 12.5. The van der Waals surface area contributed by atoms with E-state index < -0.39 is 11.9 Å². The van der Waals surface area contributed by atoms with Gasteiger partial charge in [-0.2, -0.15) is 5.10 Å². The second-order valence-electron chi connectivity index (χ2n) is 6.40. The van der Waals surface area contributed by atoms with E-state index in [0.29, 0.717) is 18.7 Å². The van der Waals surface area contributed by atoms with E-state index >= 15 is 0 Å². The van der Waals surface area contributed by atoms with Gasteiger partial charge in [-0.05, 0) is 24.3 Å². The summed E-state index contributed by atoms with van der Waals surface area (Å²) >= 11 is 0. The third kappa shape index (κ3) is 3.41. The third-order valence-corrected chi connectivity index (χ3v) is 4.54. The van der Waals surface area contributed by atoms with Crippen molar-refractivity contribution >= 4 is 28.9 Å². The standard InChI is InChI=1S/C19H19N7O2/c20-18(27)15-12-14(24-26(15)13-6-2-1-3-7-13)19(28)21-10-9-17-23-22-16-8-4-5-11-25(16)17/h1-8,11,15H,9-10,12H2,(H2,20,27)(H,21,28). The fraction of sp³-hybridized carbons (Fsp3) is 0.211. The van der Waals surface area contributed by atoms with E-state index in [1.54, 1.807) is 0 Å². The second-order valence-corrected chi connectivity index (χ2v) is 6.40. The van der Waals surface area contributed by atoms with E-state index in [-0.39, 0.29) is 18.0 Å². The summed E-state index contributed by atoms with van der Waals surface area (Å²) in [5.41, 5.74) is 7.25. The molecule has 3 heterocycles. The molecule has 0 saturated heterocycles. The normalized spacial score (nSPS) is 16.2. The Morgan fingerprint density at radius 1 is 1.11 bits per heavy atom. The molecule has 4 rings (SSSR count). The van der Waals surface area contributed by atoms with Crippen molar-refractivity contribution in [3.63, 3.8) is 0 Å². The van der Waals surface area contributed by atoms with Crippen molar-refractivity contribution in [2.24, 2.45) is 10.8 Å². The lowest BCUT2D eigenvalue weighted by atomic mass is 10.1. The molecule has 3 aromatic rings. The third-order valence-electron chi connectivity index (χ3n) is 4.54. The number of para-hydroxylation sites is 1. The van der Waals surface area contributed by atoms with Crippen LogP contribution in [0.4, 0.5) is 5.69 Å². The Balaban J connectivity index is 1.42. The molecule has 1 aliphatic heterocycles. The number of nitrogens with two attached hydrogens (primary N) is 1. The van der Waals surface area contributed by atoms with Gasteiger partial charge >= 0.3 is 0 Å². The molecule has 0 bridgehead atoms. The lowest BCUT2D eigenvalue weighted by Crippen LogP contribution is -2.40. The Hall–Kier alpha value is -3.75. The van der Waals surface area contributed by atoms with Gasteiger partial charge in [0.05, 0.1) is 5.69 Å². The van der Waals surface area contributed by atoms with Crippen LogP contribution in [0.2, 0.25) is 0 Å². The van der Waals surface area contributed by atoms with Gasteiger partial charge in [-0.15, -0.1) is 10.2 Å². The van der Waals surface area contributed by atoms with Gasteiger partial charge in [0.15, 0.2) is 5.65 Å². The summed E-state index contributed by atoms with van der Waals surface area (Å²) in [5.74, 6) is -0.0889. The van der Waals surface area contributed by atoms with E-state index in [9.17, 15) is 9.59 Å². The van der Waals surface area contributed by atoms with Crippen LogP contribution in [0.1, 0.15) is 12.2 Å². The highest BCUT2D eigenvalue weighted by atomic mass is 16.2. The topological polar surface area (TPSA) is 118 Å². The van der Waals surface area contributed by atoms with Gasteiger partial charge in [0.1, 0.15) is 17.6 Å². The highest BCUT2D eigenvalue weighted by Crippen LogP contribution is 2.24. The van der Waals surface area contributed by atoms with E-state index in [4.69, 9.17) is 5.73 Å². The van der Waals surface area contributed by atoms with Crippen molar-refractivity contribution in [2.75, 3.05) is 11.6 Å². The zero-order valence-corrected chi connectivity index (χ0v) is 15.0. The number of primary amides is 1. The predicted octanol–water partition coefficient (Wildman–Crippen LogP) is 0.508.